The van der Waals surface area contributed by atoms with Gasteiger partial charge in [0.2, 0.25) is 0 Å². The lowest BCUT2D eigenvalue weighted by Crippen LogP contribution is -2.27. The summed E-state index contributed by atoms with van der Waals surface area (Å²) in [7, 11) is 0. The molecule has 0 saturated carbocycles. The summed E-state index contributed by atoms with van der Waals surface area (Å²) < 4.78 is 0. The molecule has 0 N–H and O–H groups in total. The number of allylic oxidation sites excluding steroid dienone is 10. The first-order valence-corrected chi connectivity index (χ1v) is 20.7. The molecular formula is C54H58N4O2. The van der Waals surface area contributed by atoms with Crippen LogP contribution in [0.4, 0.5) is 11.4 Å². The number of Topliss-reactive ketones (excluding diaryl/α,β-unsaturated/α-hetero) is 2. The van der Waals surface area contributed by atoms with E-state index in [1.165, 1.54) is 0 Å². The standard InChI is InChI=1S/C54H58N4O2/c1-51(2,3)43-27-35(28-44(49(43)59)52(4,5)6)33-55-57-47-25-23-39(37-19-15-13-16-20-37)31-41(47)42-32-40(38-21-17-14-18-22-38)24-26-48(42)58-56-34-36-29-45(53(7,8)9)50(60)46(30-36)54(10,11)12/h13-34H,1-12H3. The zero-order valence-corrected chi connectivity index (χ0v) is 37.3. The Morgan fingerprint density at radius 3 is 0.967 bits per heavy atom. The summed E-state index contributed by atoms with van der Waals surface area (Å²) in [5, 5.41) is 19.0. The number of carbonyl (C=O) groups is 2. The van der Waals surface area contributed by atoms with Crippen molar-refractivity contribution in [1.29, 1.82) is 0 Å². The molecule has 0 aliphatic heterocycles. The van der Waals surface area contributed by atoms with Gasteiger partial charge in [-0.25, -0.2) is 0 Å². The van der Waals surface area contributed by atoms with Crippen molar-refractivity contribution >= 4 is 22.9 Å². The van der Waals surface area contributed by atoms with Crippen LogP contribution in [0.15, 0.2) is 188 Å². The lowest BCUT2D eigenvalue weighted by molar-refractivity contribution is -0.114. The first-order chi connectivity index (χ1) is 28.1. The van der Waals surface area contributed by atoms with Gasteiger partial charge in [0.25, 0.3) is 0 Å². The van der Waals surface area contributed by atoms with Crippen molar-refractivity contribution in [2.24, 2.45) is 42.1 Å². The molecule has 306 valence electrons. The van der Waals surface area contributed by atoms with Gasteiger partial charge in [0.15, 0.2) is 11.6 Å². The molecule has 0 heterocycles. The topological polar surface area (TPSA) is 83.6 Å². The van der Waals surface area contributed by atoms with Gasteiger partial charge in [0.05, 0.1) is 23.8 Å². The zero-order valence-electron chi connectivity index (χ0n) is 37.3. The minimum Gasteiger partial charge on any atom is -0.289 e. The molecule has 6 nitrogen and oxygen atoms in total. The molecule has 60 heavy (non-hydrogen) atoms. The third-order valence-electron chi connectivity index (χ3n) is 10.7. The molecule has 0 amide bonds. The molecule has 2 aliphatic carbocycles. The quantitative estimate of drug-likeness (QED) is 0.175. The predicted octanol–water partition coefficient (Wildman–Crippen LogP) is 15.7. The Bertz CT molecular complexity index is 2310. The van der Waals surface area contributed by atoms with E-state index in [4.69, 9.17) is 10.2 Å². The van der Waals surface area contributed by atoms with Crippen molar-refractivity contribution in [2.45, 2.75) is 83.1 Å². The number of benzene rings is 4. The predicted molar refractivity (Wildman–Crippen MR) is 248 cm³/mol. The van der Waals surface area contributed by atoms with Crippen LogP contribution in [0.3, 0.4) is 0 Å². The summed E-state index contributed by atoms with van der Waals surface area (Å²) in [6, 6.07) is 32.9. The molecule has 0 atom stereocenters. The molecule has 0 saturated heterocycles. The van der Waals surface area contributed by atoms with E-state index in [2.05, 4.69) is 142 Å². The second-order valence-electron chi connectivity index (χ2n) is 19.8. The van der Waals surface area contributed by atoms with Crippen LogP contribution in [0, 0.1) is 21.7 Å². The van der Waals surface area contributed by atoms with Crippen LogP contribution in [-0.2, 0) is 9.59 Å². The molecule has 4 aromatic carbocycles. The normalized spacial score (nSPS) is 15.6. The fourth-order valence-electron chi connectivity index (χ4n) is 7.29. The Labute approximate surface area is 357 Å². The van der Waals surface area contributed by atoms with Crippen LogP contribution >= 0.6 is 0 Å². The van der Waals surface area contributed by atoms with E-state index in [0.717, 1.165) is 66.8 Å². The minimum absolute atomic E-state index is 0.0758. The number of carbonyl (C=O) groups excluding carboxylic acids is 2. The van der Waals surface area contributed by atoms with E-state index in [-0.39, 0.29) is 33.2 Å². The smallest absolute Gasteiger partial charge is 0.186 e. The molecule has 0 unspecified atom stereocenters. The zero-order chi connectivity index (χ0) is 43.6. The van der Waals surface area contributed by atoms with E-state index in [0.29, 0.717) is 11.4 Å². The molecule has 0 spiro atoms. The van der Waals surface area contributed by atoms with Gasteiger partial charge in [-0.05, 0) is 104 Å². The first-order valence-electron chi connectivity index (χ1n) is 20.7. The Hall–Kier alpha value is -6.14. The average molecular weight is 795 g/mol. The number of rotatable bonds is 7. The second-order valence-corrected chi connectivity index (χ2v) is 19.8. The monoisotopic (exact) mass is 794 g/mol. The summed E-state index contributed by atoms with van der Waals surface area (Å²) in [5.41, 5.74) is 10.4. The Morgan fingerprint density at radius 2 is 0.683 bits per heavy atom. The summed E-state index contributed by atoms with van der Waals surface area (Å²) in [4.78, 5) is 27.2. The van der Waals surface area contributed by atoms with E-state index in [1.54, 1.807) is 12.4 Å². The molecule has 0 aromatic heterocycles. The van der Waals surface area contributed by atoms with E-state index in [9.17, 15) is 9.59 Å². The molecule has 6 rings (SSSR count). The van der Waals surface area contributed by atoms with Gasteiger partial charge in [-0.1, -0.05) is 156 Å². The molecular weight excluding hydrogens is 737 g/mol. The van der Waals surface area contributed by atoms with E-state index >= 15 is 0 Å². The molecule has 2 aliphatic rings. The molecule has 0 radical (unpaired) electrons. The molecule has 6 heteroatoms. The summed E-state index contributed by atoms with van der Waals surface area (Å²) >= 11 is 0. The fraction of sp³-hybridized carbons (Fsp3) is 0.296. The van der Waals surface area contributed by atoms with Crippen LogP contribution in [0.5, 0.6) is 0 Å². The third-order valence-corrected chi connectivity index (χ3v) is 10.7. The van der Waals surface area contributed by atoms with Crippen LogP contribution in [0.1, 0.15) is 83.1 Å². The maximum atomic E-state index is 13.6. The van der Waals surface area contributed by atoms with E-state index < -0.39 is 0 Å². The average Bonchev–Trinajstić information content (AvgIpc) is 3.18. The molecule has 0 bridgehead atoms. The molecule has 4 aromatic rings. The van der Waals surface area contributed by atoms with E-state index in [1.807, 2.05) is 72.8 Å². The van der Waals surface area contributed by atoms with Crippen LogP contribution in [0.2, 0.25) is 0 Å². The third kappa shape index (κ3) is 9.99. The Morgan fingerprint density at radius 1 is 0.383 bits per heavy atom. The van der Waals surface area contributed by atoms with Gasteiger partial charge >= 0.3 is 0 Å². The number of ketones is 2. The first kappa shape index (κ1) is 43.4. The van der Waals surface area contributed by atoms with Gasteiger partial charge in [-0.2, -0.15) is 20.5 Å². The van der Waals surface area contributed by atoms with Crippen molar-refractivity contribution in [3.8, 4) is 33.4 Å². The van der Waals surface area contributed by atoms with Gasteiger partial charge in [-0.3, -0.25) is 9.59 Å². The van der Waals surface area contributed by atoms with Crippen LogP contribution in [-0.4, -0.2) is 11.6 Å². The maximum Gasteiger partial charge on any atom is 0.186 e. The fourth-order valence-corrected chi connectivity index (χ4v) is 7.29. The van der Waals surface area contributed by atoms with Crippen molar-refractivity contribution in [1.82, 2.24) is 0 Å². The van der Waals surface area contributed by atoms with Crippen molar-refractivity contribution in [3.63, 3.8) is 0 Å². The highest BCUT2D eigenvalue weighted by atomic mass is 16.1. The summed E-state index contributed by atoms with van der Waals surface area (Å²) in [5.74, 6) is 0.152. The highest BCUT2D eigenvalue weighted by molar-refractivity contribution is 6.12. The number of hydrogen-bond acceptors (Lipinski definition) is 6. The van der Waals surface area contributed by atoms with Crippen molar-refractivity contribution in [3.05, 3.63) is 167 Å². The number of nitrogens with zero attached hydrogens (tertiary/aromatic N) is 4. The van der Waals surface area contributed by atoms with Gasteiger partial charge in [0.1, 0.15) is 0 Å². The Kier molecular flexibility index (Phi) is 12.2. The SMILES string of the molecule is CC(C)(C)C1=CC(=CN=Nc2ccc(-c3ccccc3)cc2-c2cc(-c3ccccc3)ccc2N=NC=C2C=C(C(C)(C)C)C(=O)C(C(C)(C)C)=C2)C=C(C(C)(C)C)C1=O. The lowest BCUT2D eigenvalue weighted by Gasteiger charge is -2.31. The van der Waals surface area contributed by atoms with Crippen molar-refractivity contribution in [2.75, 3.05) is 0 Å². The van der Waals surface area contributed by atoms with Crippen molar-refractivity contribution < 1.29 is 9.59 Å². The summed E-state index contributed by atoms with van der Waals surface area (Å²) in [6.07, 6.45) is 11.2. The lowest BCUT2D eigenvalue weighted by atomic mass is 9.72. The van der Waals surface area contributed by atoms with Gasteiger partial charge in [0, 0.05) is 33.4 Å². The van der Waals surface area contributed by atoms with Crippen LogP contribution < -0.4 is 0 Å². The maximum absolute atomic E-state index is 13.6. The van der Waals surface area contributed by atoms with Gasteiger partial charge < -0.3 is 0 Å². The minimum atomic E-state index is -0.339. The molecule has 0 fully saturated rings. The largest absolute Gasteiger partial charge is 0.289 e. The second kappa shape index (κ2) is 16.8. The highest BCUT2D eigenvalue weighted by Gasteiger charge is 2.35. The number of azo groups is 2. The summed E-state index contributed by atoms with van der Waals surface area (Å²) in [6.45, 7) is 24.7. The number of hydrogen-bond donors (Lipinski definition) is 0. The Balaban J connectivity index is 1.52. The van der Waals surface area contributed by atoms with Crippen LogP contribution in [0.25, 0.3) is 33.4 Å². The highest BCUT2D eigenvalue weighted by Crippen LogP contribution is 2.44. The van der Waals surface area contributed by atoms with Gasteiger partial charge in [-0.15, -0.1) is 0 Å².